The molecule has 1 aromatic heterocycles. The molecule has 0 radical (unpaired) electrons. The maximum atomic E-state index is 11.5. The maximum absolute atomic E-state index is 11.5. The highest BCUT2D eigenvalue weighted by Crippen LogP contribution is 2.27. The van der Waals surface area contributed by atoms with Crippen molar-refractivity contribution in [1.29, 1.82) is 0 Å². The summed E-state index contributed by atoms with van der Waals surface area (Å²) < 4.78 is 22.1. The van der Waals surface area contributed by atoms with Crippen molar-refractivity contribution in [3.05, 3.63) is 11.6 Å². The minimum atomic E-state index is -3.67. The number of halogens is 1. The van der Waals surface area contributed by atoms with Crippen LogP contribution in [0.25, 0.3) is 0 Å². The molecule has 1 aliphatic heterocycles. The fraction of sp³-hybridized carbons (Fsp3) is 0.429. The smallest absolute Gasteiger partial charge is 0.237 e. The second kappa shape index (κ2) is 3.73. The van der Waals surface area contributed by atoms with Crippen LogP contribution >= 0.6 is 22.0 Å². The molecule has 15 heavy (non-hydrogen) atoms. The molecule has 1 fully saturated rings. The van der Waals surface area contributed by atoms with Gasteiger partial charge in [-0.2, -0.15) is 0 Å². The highest BCUT2D eigenvalue weighted by molar-refractivity contribution is 8.14. The number of carbonyl (C=O) groups is 1. The summed E-state index contributed by atoms with van der Waals surface area (Å²) in [6.45, 7) is 0.0954. The predicted octanol–water partition coefficient (Wildman–Crippen LogP) is 0.817. The Morgan fingerprint density at radius 1 is 1.60 bits per heavy atom. The predicted molar refractivity (Wildman–Crippen MR) is 57.6 cm³/mol. The van der Waals surface area contributed by atoms with Gasteiger partial charge in [-0.25, -0.2) is 13.4 Å². The van der Waals surface area contributed by atoms with Gasteiger partial charge in [-0.1, -0.05) is 0 Å². The van der Waals surface area contributed by atoms with Gasteiger partial charge >= 0.3 is 0 Å². The van der Waals surface area contributed by atoms with Gasteiger partial charge in [0.15, 0.2) is 5.13 Å². The van der Waals surface area contributed by atoms with Crippen LogP contribution in [0.2, 0.25) is 0 Å². The minimum Gasteiger partial charge on any atom is -0.287 e. The number of rotatable bonds is 2. The average molecular weight is 267 g/mol. The van der Waals surface area contributed by atoms with Gasteiger partial charge in [-0.3, -0.25) is 9.69 Å². The monoisotopic (exact) mass is 266 g/mol. The van der Waals surface area contributed by atoms with Gasteiger partial charge in [0.1, 0.15) is 5.25 Å². The Morgan fingerprint density at radius 2 is 2.33 bits per heavy atom. The largest absolute Gasteiger partial charge is 0.287 e. The van der Waals surface area contributed by atoms with Crippen LogP contribution in [0, 0.1) is 0 Å². The van der Waals surface area contributed by atoms with Crippen molar-refractivity contribution >= 4 is 42.1 Å². The van der Waals surface area contributed by atoms with Crippen LogP contribution in [0.5, 0.6) is 0 Å². The first-order chi connectivity index (χ1) is 6.98. The normalized spacial score (nSPS) is 22.3. The molecule has 8 heteroatoms. The number of hydrogen-bond acceptors (Lipinski definition) is 5. The van der Waals surface area contributed by atoms with E-state index in [-0.39, 0.29) is 18.9 Å². The second-order valence-electron chi connectivity index (χ2n) is 3.12. The molecule has 2 heterocycles. The highest BCUT2D eigenvalue weighted by atomic mass is 35.7. The molecule has 5 nitrogen and oxygen atoms in total. The van der Waals surface area contributed by atoms with Crippen molar-refractivity contribution in [3.8, 4) is 0 Å². The fourth-order valence-corrected chi connectivity index (χ4v) is 3.09. The molecule has 0 saturated carbocycles. The summed E-state index contributed by atoms with van der Waals surface area (Å²) in [6.07, 6.45) is 1.50. The second-order valence-corrected chi connectivity index (χ2v) is 6.90. The first kappa shape index (κ1) is 10.8. The lowest BCUT2D eigenvalue weighted by atomic mass is 10.4. The number of hydrogen-bond donors (Lipinski definition) is 0. The van der Waals surface area contributed by atoms with E-state index < -0.39 is 14.3 Å². The van der Waals surface area contributed by atoms with Crippen LogP contribution in [0.1, 0.15) is 6.42 Å². The molecule has 1 saturated heterocycles. The van der Waals surface area contributed by atoms with Crippen LogP contribution in [0.15, 0.2) is 11.6 Å². The van der Waals surface area contributed by atoms with Gasteiger partial charge in [0.05, 0.1) is 0 Å². The van der Waals surface area contributed by atoms with Gasteiger partial charge in [0.2, 0.25) is 15.0 Å². The van der Waals surface area contributed by atoms with E-state index in [0.29, 0.717) is 5.13 Å². The quantitative estimate of drug-likeness (QED) is 0.743. The van der Waals surface area contributed by atoms with Gasteiger partial charge in [-0.15, -0.1) is 11.3 Å². The molecular weight excluding hydrogens is 260 g/mol. The van der Waals surface area contributed by atoms with E-state index in [1.807, 2.05) is 0 Å². The first-order valence-corrected chi connectivity index (χ1v) is 7.37. The molecule has 0 N–H and O–H groups in total. The van der Waals surface area contributed by atoms with Crippen molar-refractivity contribution in [3.63, 3.8) is 0 Å². The molecule has 0 aliphatic carbocycles. The van der Waals surface area contributed by atoms with Gasteiger partial charge < -0.3 is 0 Å². The van der Waals surface area contributed by atoms with Crippen molar-refractivity contribution in [1.82, 2.24) is 4.98 Å². The Bertz CT molecular complexity index is 470. The van der Waals surface area contributed by atoms with Gasteiger partial charge in [0, 0.05) is 35.2 Å². The summed E-state index contributed by atoms with van der Waals surface area (Å²) in [5, 5.41) is 1.42. The molecule has 1 unspecified atom stereocenters. The summed E-state index contributed by atoms with van der Waals surface area (Å²) in [7, 11) is 1.53. The lowest BCUT2D eigenvalue weighted by molar-refractivity contribution is -0.117. The average Bonchev–Trinajstić information content (AvgIpc) is 2.69. The lowest BCUT2D eigenvalue weighted by Crippen LogP contribution is -2.26. The molecule has 0 bridgehead atoms. The highest BCUT2D eigenvalue weighted by Gasteiger charge is 2.38. The van der Waals surface area contributed by atoms with Crippen molar-refractivity contribution in [2.45, 2.75) is 11.7 Å². The Morgan fingerprint density at radius 3 is 2.80 bits per heavy atom. The van der Waals surface area contributed by atoms with E-state index in [4.69, 9.17) is 10.7 Å². The van der Waals surface area contributed by atoms with Crippen LogP contribution in [-0.2, 0) is 13.8 Å². The van der Waals surface area contributed by atoms with Crippen LogP contribution in [0.4, 0.5) is 5.13 Å². The van der Waals surface area contributed by atoms with Crippen LogP contribution in [0.3, 0.4) is 0 Å². The molecular formula is C7H7ClN2O3S2. The molecule has 82 valence electrons. The number of amides is 1. The zero-order valence-corrected chi connectivity index (χ0v) is 9.85. The van der Waals surface area contributed by atoms with Crippen LogP contribution < -0.4 is 4.90 Å². The summed E-state index contributed by atoms with van der Waals surface area (Å²) >= 11 is 1.29. The van der Waals surface area contributed by atoms with E-state index in [0.717, 1.165) is 0 Å². The fourth-order valence-electron chi connectivity index (χ4n) is 1.40. The Kier molecular flexibility index (Phi) is 2.70. The third-order valence-electron chi connectivity index (χ3n) is 2.14. The van der Waals surface area contributed by atoms with Crippen molar-refractivity contribution in [2.24, 2.45) is 0 Å². The lowest BCUT2D eigenvalue weighted by Gasteiger charge is -2.11. The molecule has 1 atom stereocenters. The van der Waals surface area contributed by atoms with E-state index >= 15 is 0 Å². The number of carbonyl (C=O) groups excluding carboxylic acids is 1. The van der Waals surface area contributed by atoms with Gasteiger partial charge in [-0.05, 0) is 0 Å². The van der Waals surface area contributed by atoms with Crippen molar-refractivity contribution in [2.75, 3.05) is 11.4 Å². The molecule has 2 rings (SSSR count). The Balaban J connectivity index is 2.23. The summed E-state index contributed by atoms with van der Waals surface area (Å²) in [6, 6.07) is 0. The van der Waals surface area contributed by atoms with Gasteiger partial charge in [0.25, 0.3) is 0 Å². The van der Waals surface area contributed by atoms with E-state index in [2.05, 4.69) is 4.98 Å². The Hall–Kier alpha value is -0.660. The molecule has 1 aromatic rings. The van der Waals surface area contributed by atoms with E-state index in [1.165, 1.54) is 16.2 Å². The maximum Gasteiger partial charge on any atom is 0.237 e. The molecule has 0 aromatic carbocycles. The number of nitrogens with zero attached hydrogens (tertiary/aromatic N) is 2. The number of thiazole rings is 1. The zero-order chi connectivity index (χ0) is 11.1. The SMILES string of the molecule is O=C1CC(S(=O)(=O)Cl)CN1c1nccs1. The number of anilines is 1. The summed E-state index contributed by atoms with van der Waals surface area (Å²) in [5.74, 6) is -0.251. The van der Waals surface area contributed by atoms with Crippen LogP contribution in [-0.4, -0.2) is 31.1 Å². The topological polar surface area (TPSA) is 67.3 Å². The summed E-state index contributed by atoms with van der Waals surface area (Å²) in [5.41, 5.74) is 0. The first-order valence-electron chi connectivity index (χ1n) is 4.12. The number of aromatic nitrogens is 1. The molecule has 1 amide bonds. The summed E-state index contributed by atoms with van der Waals surface area (Å²) in [4.78, 5) is 16.8. The molecule has 1 aliphatic rings. The third kappa shape index (κ3) is 2.14. The third-order valence-corrected chi connectivity index (χ3v) is 4.80. The molecule has 0 spiro atoms. The van der Waals surface area contributed by atoms with Crippen molar-refractivity contribution < 1.29 is 13.2 Å². The standard InChI is InChI=1S/C7H7ClN2O3S2/c8-15(12,13)5-3-6(11)10(4-5)7-9-1-2-14-7/h1-2,5H,3-4H2. The Labute approximate surface area is 95.1 Å². The minimum absolute atomic E-state index is 0.0641. The van der Waals surface area contributed by atoms with E-state index in [1.54, 1.807) is 11.6 Å². The zero-order valence-electron chi connectivity index (χ0n) is 7.46. The van der Waals surface area contributed by atoms with E-state index in [9.17, 15) is 13.2 Å².